The smallest absolute Gasteiger partial charge is 0.421 e. The van der Waals surface area contributed by atoms with Gasteiger partial charge in [0.15, 0.2) is 0 Å². The zero-order valence-electron chi connectivity index (χ0n) is 14.5. The number of anilines is 1. The number of carbonyl (C=O) groups is 2. The molecule has 0 fully saturated rings. The SMILES string of the molecule is COC(=O)CCSc1ccc2nc(N)n(C(=O)OC(C)(C)C)c2c1Cl. The normalized spacial score (nSPS) is 11.6. The number of aromatic nitrogens is 2. The first kappa shape index (κ1) is 19.4. The van der Waals surface area contributed by atoms with Crippen LogP contribution in [0.3, 0.4) is 0 Å². The van der Waals surface area contributed by atoms with Crippen LogP contribution in [-0.2, 0) is 14.3 Å². The third-order valence-corrected chi connectivity index (χ3v) is 4.67. The maximum atomic E-state index is 12.5. The van der Waals surface area contributed by atoms with Crippen molar-refractivity contribution in [3.05, 3.63) is 17.2 Å². The molecule has 0 atom stereocenters. The summed E-state index contributed by atoms with van der Waals surface area (Å²) in [6.45, 7) is 5.28. The van der Waals surface area contributed by atoms with E-state index in [1.54, 1.807) is 32.9 Å². The van der Waals surface area contributed by atoms with Crippen molar-refractivity contribution in [2.45, 2.75) is 37.7 Å². The number of nitrogens with two attached hydrogens (primary N) is 1. The predicted octanol–water partition coefficient (Wildman–Crippen LogP) is 3.71. The molecule has 0 aliphatic heterocycles. The summed E-state index contributed by atoms with van der Waals surface area (Å²) in [7, 11) is 1.34. The number of fused-ring (bicyclic) bond motifs is 1. The molecule has 0 aliphatic carbocycles. The quantitative estimate of drug-likeness (QED) is 0.632. The number of hydrogen-bond donors (Lipinski definition) is 1. The number of rotatable bonds is 4. The highest BCUT2D eigenvalue weighted by Crippen LogP contribution is 2.35. The number of halogens is 1. The molecule has 2 rings (SSSR count). The lowest BCUT2D eigenvalue weighted by Crippen LogP contribution is -2.27. The van der Waals surface area contributed by atoms with E-state index >= 15 is 0 Å². The van der Waals surface area contributed by atoms with Crippen molar-refractivity contribution in [2.24, 2.45) is 0 Å². The molecule has 1 aromatic carbocycles. The standard InChI is InChI=1S/C16H20ClN3O4S/c1-16(2,3)24-15(22)20-13-9(19-14(20)18)5-6-10(12(13)17)25-8-7-11(21)23-4/h5-6H,7-8H2,1-4H3,(H2,18,19). The van der Waals surface area contributed by atoms with Gasteiger partial charge in [0.25, 0.3) is 0 Å². The lowest BCUT2D eigenvalue weighted by molar-refractivity contribution is -0.140. The Bertz CT molecular complexity index is 814. The molecule has 1 aromatic heterocycles. The van der Waals surface area contributed by atoms with E-state index in [2.05, 4.69) is 9.72 Å². The van der Waals surface area contributed by atoms with Gasteiger partial charge in [-0.05, 0) is 32.9 Å². The molecule has 0 unspecified atom stereocenters. The Morgan fingerprint density at radius 1 is 1.36 bits per heavy atom. The highest BCUT2D eigenvalue weighted by molar-refractivity contribution is 7.99. The molecule has 0 bridgehead atoms. The van der Waals surface area contributed by atoms with Crippen molar-refractivity contribution >= 4 is 52.4 Å². The fourth-order valence-corrected chi connectivity index (χ4v) is 3.36. The van der Waals surface area contributed by atoms with Gasteiger partial charge in [-0.25, -0.2) is 14.3 Å². The van der Waals surface area contributed by atoms with Crippen LogP contribution < -0.4 is 5.73 Å². The van der Waals surface area contributed by atoms with Crippen LogP contribution in [0.25, 0.3) is 11.0 Å². The molecule has 0 aliphatic rings. The number of nitrogen functional groups attached to an aromatic ring is 1. The van der Waals surface area contributed by atoms with E-state index in [1.807, 2.05) is 0 Å². The Balaban J connectivity index is 2.37. The van der Waals surface area contributed by atoms with E-state index in [4.69, 9.17) is 22.1 Å². The Hall–Kier alpha value is -1.93. The van der Waals surface area contributed by atoms with Gasteiger partial charge in [-0.1, -0.05) is 11.6 Å². The van der Waals surface area contributed by atoms with Gasteiger partial charge in [0.05, 0.1) is 24.1 Å². The Morgan fingerprint density at radius 2 is 2.04 bits per heavy atom. The van der Waals surface area contributed by atoms with Crippen molar-refractivity contribution in [3.8, 4) is 0 Å². The van der Waals surface area contributed by atoms with Crippen LogP contribution in [0.15, 0.2) is 17.0 Å². The van der Waals surface area contributed by atoms with Crippen LogP contribution in [0.2, 0.25) is 5.02 Å². The number of nitrogens with zero attached hydrogens (tertiary/aromatic N) is 2. The van der Waals surface area contributed by atoms with Crippen molar-refractivity contribution in [3.63, 3.8) is 0 Å². The average molecular weight is 386 g/mol. The summed E-state index contributed by atoms with van der Waals surface area (Å²) >= 11 is 7.84. The minimum atomic E-state index is -0.681. The first-order chi connectivity index (χ1) is 11.6. The summed E-state index contributed by atoms with van der Waals surface area (Å²) in [5, 5.41) is 0.336. The zero-order chi connectivity index (χ0) is 18.8. The molecule has 25 heavy (non-hydrogen) atoms. The number of carbonyl (C=O) groups excluding carboxylic acids is 2. The Labute approximate surface area is 154 Å². The number of methoxy groups -OCH3 is 1. The highest BCUT2D eigenvalue weighted by Gasteiger charge is 2.24. The number of esters is 1. The first-order valence-corrected chi connectivity index (χ1v) is 8.90. The molecule has 2 N–H and O–H groups in total. The third-order valence-electron chi connectivity index (χ3n) is 3.11. The van der Waals surface area contributed by atoms with Crippen LogP contribution in [0.4, 0.5) is 10.7 Å². The van der Waals surface area contributed by atoms with E-state index in [0.29, 0.717) is 26.7 Å². The summed E-state index contributed by atoms with van der Waals surface area (Å²) in [4.78, 5) is 28.5. The van der Waals surface area contributed by atoms with Crippen molar-refractivity contribution < 1.29 is 19.1 Å². The van der Waals surface area contributed by atoms with E-state index in [9.17, 15) is 9.59 Å². The summed E-state index contributed by atoms with van der Waals surface area (Å²) in [6.07, 6.45) is -0.394. The monoisotopic (exact) mass is 385 g/mol. The molecule has 0 radical (unpaired) electrons. The zero-order valence-corrected chi connectivity index (χ0v) is 16.0. The minimum Gasteiger partial charge on any atom is -0.469 e. The fraction of sp³-hybridized carbons (Fsp3) is 0.438. The lowest BCUT2D eigenvalue weighted by atomic mass is 10.2. The number of hydrogen-bond acceptors (Lipinski definition) is 7. The first-order valence-electron chi connectivity index (χ1n) is 7.53. The number of ether oxygens (including phenoxy) is 2. The maximum absolute atomic E-state index is 12.5. The molecule has 9 heteroatoms. The van der Waals surface area contributed by atoms with Gasteiger partial charge in [-0.3, -0.25) is 4.79 Å². The number of benzene rings is 1. The highest BCUT2D eigenvalue weighted by atomic mass is 35.5. The molecule has 0 spiro atoms. The van der Waals surface area contributed by atoms with Gasteiger partial charge in [0, 0.05) is 10.6 Å². The molecule has 7 nitrogen and oxygen atoms in total. The molecule has 0 saturated heterocycles. The Kier molecular flexibility index (Phi) is 5.84. The Morgan fingerprint density at radius 3 is 2.64 bits per heavy atom. The van der Waals surface area contributed by atoms with Crippen LogP contribution in [0, 0.1) is 0 Å². The number of thioether (sulfide) groups is 1. The van der Waals surface area contributed by atoms with E-state index < -0.39 is 11.7 Å². The van der Waals surface area contributed by atoms with E-state index in [0.717, 1.165) is 4.57 Å². The van der Waals surface area contributed by atoms with Crippen molar-refractivity contribution in [1.29, 1.82) is 0 Å². The molecular weight excluding hydrogens is 366 g/mol. The van der Waals surface area contributed by atoms with Gasteiger partial charge >= 0.3 is 12.1 Å². The second-order valence-electron chi connectivity index (χ2n) is 6.21. The molecule has 2 aromatic rings. The number of imidazole rings is 1. The topological polar surface area (TPSA) is 96.4 Å². The second kappa shape index (κ2) is 7.53. The summed E-state index contributed by atoms with van der Waals surface area (Å²) in [6, 6.07) is 3.50. The fourth-order valence-electron chi connectivity index (χ4n) is 2.08. The average Bonchev–Trinajstić information content (AvgIpc) is 2.84. The third kappa shape index (κ3) is 4.58. The van der Waals surface area contributed by atoms with Gasteiger partial charge in [0.1, 0.15) is 11.1 Å². The molecule has 136 valence electrons. The molecule has 0 saturated carbocycles. The summed E-state index contributed by atoms with van der Waals surface area (Å²) in [5.74, 6) is 0.198. The van der Waals surface area contributed by atoms with E-state index in [1.165, 1.54) is 18.9 Å². The largest absolute Gasteiger partial charge is 0.469 e. The molecular formula is C16H20ClN3O4S. The molecule has 1 heterocycles. The minimum absolute atomic E-state index is 0.00265. The van der Waals surface area contributed by atoms with Crippen LogP contribution in [0.1, 0.15) is 27.2 Å². The predicted molar refractivity (Wildman–Crippen MR) is 98.1 cm³/mol. The van der Waals surface area contributed by atoms with Gasteiger partial charge in [-0.2, -0.15) is 0 Å². The lowest BCUT2D eigenvalue weighted by Gasteiger charge is -2.20. The van der Waals surface area contributed by atoms with Crippen LogP contribution in [-0.4, -0.2) is 40.1 Å². The molecule has 0 amide bonds. The van der Waals surface area contributed by atoms with Gasteiger partial charge in [-0.15, -0.1) is 11.8 Å². The van der Waals surface area contributed by atoms with Gasteiger partial charge in [0.2, 0.25) is 5.95 Å². The van der Waals surface area contributed by atoms with Crippen molar-refractivity contribution in [1.82, 2.24) is 9.55 Å². The summed E-state index contributed by atoms with van der Waals surface area (Å²) in [5.41, 5.74) is 6.07. The van der Waals surface area contributed by atoms with Crippen LogP contribution in [0.5, 0.6) is 0 Å². The van der Waals surface area contributed by atoms with Crippen LogP contribution >= 0.6 is 23.4 Å². The summed E-state index contributed by atoms with van der Waals surface area (Å²) < 4.78 is 11.1. The second-order valence-corrected chi connectivity index (χ2v) is 7.72. The van der Waals surface area contributed by atoms with Gasteiger partial charge < -0.3 is 15.2 Å². The van der Waals surface area contributed by atoms with E-state index in [-0.39, 0.29) is 18.3 Å². The van der Waals surface area contributed by atoms with Crippen molar-refractivity contribution in [2.75, 3.05) is 18.6 Å². The maximum Gasteiger partial charge on any atom is 0.421 e.